The van der Waals surface area contributed by atoms with Crippen molar-refractivity contribution < 1.29 is 4.79 Å². The molecule has 0 aliphatic carbocycles. The summed E-state index contributed by atoms with van der Waals surface area (Å²) in [7, 11) is 1.83. The van der Waals surface area contributed by atoms with E-state index >= 15 is 0 Å². The standard InChI is InChI=1S/C11H20N4O/c1-4-6-8(12)11(16)13-10-7-15(3)14-9(10)5-2/h7-8H,4-6,12H2,1-3H3,(H,13,16). The van der Waals surface area contributed by atoms with Crippen molar-refractivity contribution >= 4 is 11.6 Å². The highest BCUT2D eigenvalue weighted by atomic mass is 16.2. The van der Waals surface area contributed by atoms with Gasteiger partial charge >= 0.3 is 0 Å². The number of rotatable bonds is 5. The van der Waals surface area contributed by atoms with Crippen LogP contribution < -0.4 is 11.1 Å². The number of amides is 1. The van der Waals surface area contributed by atoms with Crippen LogP contribution in [0.3, 0.4) is 0 Å². The maximum absolute atomic E-state index is 11.7. The number of hydrogen-bond donors (Lipinski definition) is 2. The second kappa shape index (κ2) is 5.65. The maximum atomic E-state index is 11.7. The van der Waals surface area contributed by atoms with Crippen LogP contribution >= 0.6 is 0 Å². The van der Waals surface area contributed by atoms with Crippen molar-refractivity contribution in [1.82, 2.24) is 9.78 Å². The van der Waals surface area contributed by atoms with Gasteiger partial charge in [0.25, 0.3) is 0 Å². The molecule has 1 unspecified atom stereocenters. The van der Waals surface area contributed by atoms with Gasteiger partial charge in [-0.15, -0.1) is 0 Å². The summed E-state index contributed by atoms with van der Waals surface area (Å²) in [5, 5.41) is 7.07. The Kier molecular flexibility index (Phi) is 4.49. The Hall–Kier alpha value is -1.36. The second-order valence-electron chi connectivity index (χ2n) is 3.90. The molecule has 0 spiro atoms. The summed E-state index contributed by atoms with van der Waals surface area (Å²) in [6.07, 6.45) is 4.20. The van der Waals surface area contributed by atoms with Gasteiger partial charge in [0.2, 0.25) is 5.91 Å². The SMILES string of the molecule is CCCC(N)C(=O)Nc1cn(C)nc1CC. The summed E-state index contributed by atoms with van der Waals surface area (Å²) >= 11 is 0. The van der Waals surface area contributed by atoms with Crippen LogP contribution in [0.1, 0.15) is 32.4 Å². The van der Waals surface area contributed by atoms with E-state index in [1.54, 1.807) is 10.9 Å². The van der Waals surface area contributed by atoms with Gasteiger partial charge in [0.15, 0.2) is 0 Å². The molecule has 1 aromatic rings. The summed E-state index contributed by atoms with van der Waals surface area (Å²) in [4.78, 5) is 11.7. The van der Waals surface area contributed by atoms with Crippen molar-refractivity contribution in [3.8, 4) is 0 Å². The fraction of sp³-hybridized carbons (Fsp3) is 0.636. The third-order valence-corrected chi connectivity index (χ3v) is 2.43. The van der Waals surface area contributed by atoms with Crippen LogP contribution in [0.15, 0.2) is 6.20 Å². The Bertz CT molecular complexity index is 359. The molecule has 1 heterocycles. The van der Waals surface area contributed by atoms with Crippen molar-refractivity contribution in [3.05, 3.63) is 11.9 Å². The molecule has 0 fully saturated rings. The molecule has 0 aromatic carbocycles. The van der Waals surface area contributed by atoms with Gasteiger partial charge in [-0.1, -0.05) is 20.3 Å². The molecule has 90 valence electrons. The van der Waals surface area contributed by atoms with Gasteiger partial charge in [0, 0.05) is 13.2 Å². The third-order valence-electron chi connectivity index (χ3n) is 2.43. The highest BCUT2D eigenvalue weighted by Gasteiger charge is 2.15. The second-order valence-corrected chi connectivity index (χ2v) is 3.90. The van der Waals surface area contributed by atoms with Gasteiger partial charge in [0.1, 0.15) is 0 Å². The molecule has 1 aromatic heterocycles. The van der Waals surface area contributed by atoms with Gasteiger partial charge in [-0.25, -0.2) is 0 Å². The van der Waals surface area contributed by atoms with Crippen LogP contribution in [-0.2, 0) is 18.3 Å². The molecule has 0 saturated carbocycles. The zero-order chi connectivity index (χ0) is 12.1. The number of nitrogens with zero attached hydrogens (tertiary/aromatic N) is 2. The van der Waals surface area contributed by atoms with Crippen molar-refractivity contribution in [1.29, 1.82) is 0 Å². The lowest BCUT2D eigenvalue weighted by atomic mass is 10.1. The van der Waals surface area contributed by atoms with E-state index < -0.39 is 6.04 Å². The smallest absolute Gasteiger partial charge is 0.241 e. The Balaban J connectivity index is 2.68. The lowest BCUT2D eigenvalue weighted by Gasteiger charge is -2.10. The number of anilines is 1. The molecular weight excluding hydrogens is 204 g/mol. The molecule has 0 bridgehead atoms. The average Bonchev–Trinajstić information content (AvgIpc) is 2.59. The summed E-state index contributed by atoms with van der Waals surface area (Å²) in [5.74, 6) is -0.135. The number of aromatic nitrogens is 2. The number of aryl methyl sites for hydroxylation is 2. The van der Waals surface area contributed by atoms with Crippen LogP contribution in [-0.4, -0.2) is 21.7 Å². The molecule has 0 aliphatic heterocycles. The van der Waals surface area contributed by atoms with Gasteiger partial charge in [-0.2, -0.15) is 5.10 Å². The van der Waals surface area contributed by atoms with Crippen LogP contribution in [0.4, 0.5) is 5.69 Å². The first-order valence-electron chi connectivity index (χ1n) is 5.67. The van der Waals surface area contributed by atoms with E-state index in [-0.39, 0.29) is 5.91 Å². The summed E-state index contributed by atoms with van der Waals surface area (Å²) < 4.78 is 1.69. The van der Waals surface area contributed by atoms with E-state index in [0.29, 0.717) is 6.42 Å². The first-order chi connectivity index (χ1) is 7.58. The Morgan fingerprint density at radius 2 is 2.31 bits per heavy atom. The molecule has 0 radical (unpaired) electrons. The molecule has 1 atom stereocenters. The topological polar surface area (TPSA) is 72.9 Å². The highest BCUT2D eigenvalue weighted by molar-refractivity contribution is 5.95. The van der Waals surface area contributed by atoms with E-state index in [4.69, 9.17) is 5.73 Å². The fourth-order valence-corrected chi connectivity index (χ4v) is 1.57. The van der Waals surface area contributed by atoms with E-state index in [1.165, 1.54) is 0 Å². The van der Waals surface area contributed by atoms with E-state index in [0.717, 1.165) is 24.2 Å². The fourth-order valence-electron chi connectivity index (χ4n) is 1.57. The quantitative estimate of drug-likeness (QED) is 0.785. The number of nitrogens with two attached hydrogens (primary N) is 1. The van der Waals surface area contributed by atoms with Gasteiger partial charge < -0.3 is 11.1 Å². The highest BCUT2D eigenvalue weighted by Crippen LogP contribution is 2.14. The maximum Gasteiger partial charge on any atom is 0.241 e. The van der Waals surface area contributed by atoms with Crippen LogP contribution in [0, 0.1) is 0 Å². The molecule has 1 rings (SSSR count). The summed E-state index contributed by atoms with van der Waals surface area (Å²) in [5.41, 5.74) is 7.39. The number of carbonyl (C=O) groups is 1. The van der Waals surface area contributed by atoms with Gasteiger partial charge in [-0.05, 0) is 12.8 Å². The molecule has 1 amide bonds. The minimum absolute atomic E-state index is 0.135. The predicted molar refractivity (Wildman–Crippen MR) is 64.1 cm³/mol. The largest absolute Gasteiger partial charge is 0.322 e. The number of hydrogen-bond acceptors (Lipinski definition) is 3. The van der Waals surface area contributed by atoms with Crippen molar-refractivity contribution in [3.63, 3.8) is 0 Å². The molecule has 0 aliphatic rings. The van der Waals surface area contributed by atoms with Gasteiger partial charge in [0.05, 0.1) is 17.4 Å². The van der Waals surface area contributed by atoms with Crippen molar-refractivity contribution in [2.45, 2.75) is 39.2 Å². The van der Waals surface area contributed by atoms with Crippen molar-refractivity contribution in [2.24, 2.45) is 12.8 Å². The van der Waals surface area contributed by atoms with E-state index in [2.05, 4.69) is 10.4 Å². The van der Waals surface area contributed by atoms with Crippen LogP contribution in [0.25, 0.3) is 0 Å². The third kappa shape index (κ3) is 3.06. The minimum atomic E-state index is -0.435. The van der Waals surface area contributed by atoms with Crippen LogP contribution in [0.2, 0.25) is 0 Å². The monoisotopic (exact) mass is 224 g/mol. The Labute approximate surface area is 96.0 Å². The molecule has 3 N–H and O–H groups in total. The molecule has 0 saturated heterocycles. The lowest BCUT2D eigenvalue weighted by molar-refractivity contribution is -0.117. The number of carbonyl (C=O) groups excluding carboxylic acids is 1. The summed E-state index contributed by atoms with van der Waals surface area (Å²) in [6, 6.07) is -0.435. The molecular formula is C11H20N4O. The lowest BCUT2D eigenvalue weighted by Crippen LogP contribution is -2.35. The first kappa shape index (κ1) is 12.7. The summed E-state index contributed by atoms with van der Waals surface area (Å²) in [6.45, 7) is 4.01. The van der Waals surface area contributed by atoms with E-state index in [9.17, 15) is 4.79 Å². The zero-order valence-electron chi connectivity index (χ0n) is 10.2. The number of nitrogens with one attached hydrogen (secondary N) is 1. The zero-order valence-corrected chi connectivity index (χ0v) is 10.2. The first-order valence-corrected chi connectivity index (χ1v) is 5.67. The molecule has 5 nitrogen and oxygen atoms in total. The van der Waals surface area contributed by atoms with Gasteiger partial charge in [-0.3, -0.25) is 9.48 Å². The van der Waals surface area contributed by atoms with Crippen molar-refractivity contribution in [2.75, 3.05) is 5.32 Å². The Morgan fingerprint density at radius 3 is 2.88 bits per heavy atom. The predicted octanol–water partition coefficient (Wildman–Crippen LogP) is 1.05. The normalized spacial score (nSPS) is 12.5. The van der Waals surface area contributed by atoms with E-state index in [1.807, 2.05) is 20.9 Å². The Morgan fingerprint density at radius 1 is 1.62 bits per heavy atom. The molecule has 5 heteroatoms. The van der Waals surface area contributed by atoms with Crippen LogP contribution in [0.5, 0.6) is 0 Å². The average molecular weight is 224 g/mol. The minimum Gasteiger partial charge on any atom is -0.322 e. The molecule has 16 heavy (non-hydrogen) atoms.